The lowest BCUT2D eigenvalue weighted by Crippen LogP contribution is -2.20. The monoisotopic (exact) mass is 262 g/mol. The Morgan fingerprint density at radius 3 is 2.74 bits per heavy atom. The Balaban J connectivity index is 1.63. The van der Waals surface area contributed by atoms with E-state index in [1.165, 1.54) is 0 Å². The van der Waals surface area contributed by atoms with Crippen molar-refractivity contribution in [2.45, 2.75) is 39.7 Å². The first-order chi connectivity index (χ1) is 9.11. The fourth-order valence-corrected chi connectivity index (χ4v) is 2.45. The van der Waals surface area contributed by atoms with Crippen LogP contribution in [0.1, 0.15) is 41.4 Å². The van der Waals surface area contributed by atoms with Gasteiger partial charge in [0, 0.05) is 6.54 Å². The number of aromatic nitrogens is 3. The predicted molar refractivity (Wildman–Crippen MR) is 67.6 cm³/mol. The standard InChI is InChI=1S/C13H18N4O2/c1-8-9(2)18-12(14-8)7-17-5-4-11(6-17)13-15-10(3)16-19-13/h11H,4-7H2,1-3H3/t11-/m1/s1. The molecule has 0 aromatic carbocycles. The first-order valence-corrected chi connectivity index (χ1v) is 6.57. The number of rotatable bonds is 3. The van der Waals surface area contributed by atoms with Gasteiger partial charge in [-0.25, -0.2) is 4.98 Å². The molecule has 0 saturated carbocycles. The van der Waals surface area contributed by atoms with Crippen LogP contribution >= 0.6 is 0 Å². The van der Waals surface area contributed by atoms with Crippen molar-refractivity contribution in [2.75, 3.05) is 13.1 Å². The zero-order valence-electron chi connectivity index (χ0n) is 11.5. The van der Waals surface area contributed by atoms with Gasteiger partial charge in [-0.15, -0.1) is 0 Å². The van der Waals surface area contributed by atoms with E-state index in [1.54, 1.807) is 0 Å². The third kappa shape index (κ3) is 2.53. The number of hydrogen-bond donors (Lipinski definition) is 0. The highest BCUT2D eigenvalue weighted by molar-refractivity contribution is 5.06. The van der Waals surface area contributed by atoms with Crippen molar-refractivity contribution >= 4 is 0 Å². The number of oxazole rings is 1. The molecule has 1 atom stereocenters. The first-order valence-electron chi connectivity index (χ1n) is 6.57. The highest BCUT2D eigenvalue weighted by Crippen LogP contribution is 2.27. The van der Waals surface area contributed by atoms with Crippen LogP contribution in [0.2, 0.25) is 0 Å². The average Bonchev–Trinajstić information content (AvgIpc) is 3.03. The minimum atomic E-state index is 0.332. The molecule has 3 heterocycles. The van der Waals surface area contributed by atoms with Gasteiger partial charge in [-0.1, -0.05) is 5.16 Å². The summed E-state index contributed by atoms with van der Waals surface area (Å²) in [6.45, 7) is 8.43. The highest BCUT2D eigenvalue weighted by Gasteiger charge is 2.28. The molecule has 0 N–H and O–H groups in total. The summed E-state index contributed by atoms with van der Waals surface area (Å²) < 4.78 is 10.9. The van der Waals surface area contributed by atoms with Gasteiger partial charge in [0.2, 0.25) is 11.8 Å². The zero-order valence-corrected chi connectivity index (χ0v) is 11.5. The normalized spacial score (nSPS) is 20.3. The topological polar surface area (TPSA) is 68.2 Å². The van der Waals surface area contributed by atoms with E-state index in [9.17, 15) is 0 Å². The fraction of sp³-hybridized carbons (Fsp3) is 0.615. The van der Waals surface area contributed by atoms with E-state index < -0.39 is 0 Å². The maximum Gasteiger partial charge on any atom is 0.231 e. The fourth-order valence-electron chi connectivity index (χ4n) is 2.45. The molecule has 102 valence electrons. The summed E-state index contributed by atoms with van der Waals surface area (Å²) in [5.74, 6) is 3.47. The summed E-state index contributed by atoms with van der Waals surface area (Å²) in [5, 5.41) is 3.85. The molecule has 1 aliphatic rings. The van der Waals surface area contributed by atoms with Crippen LogP contribution in [0.5, 0.6) is 0 Å². The maximum atomic E-state index is 5.62. The Bertz CT molecular complexity index is 555. The molecule has 0 spiro atoms. The van der Waals surface area contributed by atoms with Gasteiger partial charge in [-0.2, -0.15) is 4.98 Å². The van der Waals surface area contributed by atoms with Crippen LogP contribution < -0.4 is 0 Å². The average molecular weight is 262 g/mol. The van der Waals surface area contributed by atoms with Crippen molar-refractivity contribution < 1.29 is 8.94 Å². The number of aryl methyl sites for hydroxylation is 3. The quantitative estimate of drug-likeness (QED) is 0.842. The second kappa shape index (κ2) is 4.77. The van der Waals surface area contributed by atoms with Gasteiger partial charge in [0.1, 0.15) is 5.76 Å². The van der Waals surface area contributed by atoms with Crippen LogP contribution in [-0.2, 0) is 6.54 Å². The van der Waals surface area contributed by atoms with E-state index in [4.69, 9.17) is 8.94 Å². The van der Waals surface area contributed by atoms with Crippen LogP contribution in [-0.4, -0.2) is 33.1 Å². The number of nitrogens with zero attached hydrogens (tertiary/aromatic N) is 4. The van der Waals surface area contributed by atoms with Crippen LogP contribution in [0.15, 0.2) is 8.94 Å². The molecule has 0 bridgehead atoms. The van der Waals surface area contributed by atoms with E-state index in [2.05, 4.69) is 20.0 Å². The Kier molecular flexibility index (Phi) is 3.10. The molecule has 0 unspecified atom stereocenters. The molecular formula is C13H18N4O2. The third-order valence-corrected chi connectivity index (χ3v) is 3.60. The lowest BCUT2D eigenvalue weighted by Gasteiger charge is -2.12. The van der Waals surface area contributed by atoms with E-state index in [0.29, 0.717) is 11.7 Å². The molecule has 1 fully saturated rings. The Morgan fingerprint density at radius 1 is 1.26 bits per heavy atom. The van der Waals surface area contributed by atoms with Gasteiger partial charge in [0.05, 0.1) is 18.2 Å². The molecule has 1 aliphatic heterocycles. The SMILES string of the molecule is Cc1noc([C@@H]2CCN(Cc3nc(C)c(C)o3)C2)n1. The Morgan fingerprint density at radius 2 is 2.11 bits per heavy atom. The van der Waals surface area contributed by atoms with Crippen LogP contribution in [0.25, 0.3) is 0 Å². The number of likely N-dealkylation sites (tertiary alicyclic amines) is 1. The zero-order chi connectivity index (χ0) is 13.4. The molecule has 0 amide bonds. The van der Waals surface area contributed by atoms with Crippen molar-refractivity contribution in [1.29, 1.82) is 0 Å². The summed E-state index contributed by atoms with van der Waals surface area (Å²) in [7, 11) is 0. The molecule has 2 aromatic heterocycles. The summed E-state index contributed by atoms with van der Waals surface area (Å²) >= 11 is 0. The van der Waals surface area contributed by atoms with Crippen molar-refractivity contribution in [1.82, 2.24) is 20.0 Å². The van der Waals surface area contributed by atoms with Crippen LogP contribution in [0.4, 0.5) is 0 Å². The summed E-state index contributed by atoms with van der Waals surface area (Å²) in [6.07, 6.45) is 1.04. The van der Waals surface area contributed by atoms with E-state index in [1.807, 2.05) is 20.8 Å². The minimum absolute atomic E-state index is 0.332. The minimum Gasteiger partial charge on any atom is -0.444 e. The van der Waals surface area contributed by atoms with Gasteiger partial charge >= 0.3 is 0 Å². The van der Waals surface area contributed by atoms with Crippen molar-refractivity contribution in [3.05, 3.63) is 29.1 Å². The molecule has 0 radical (unpaired) electrons. The predicted octanol–water partition coefficient (Wildman–Crippen LogP) is 1.97. The molecular weight excluding hydrogens is 244 g/mol. The first kappa shape index (κ1) is 12.3. The molecule has 6 nitrogen and oxygen atoms in total. The summed E-state index contributed by atoms with van der Waals surface area (Å²) in [6, 6.07) is 0. The van der Waals surface area contributed by atoms with Crippen LogP contribution in [0, 0.1) is 20.8 Å². The molecule has 19 heavy (non-hydrogen) atoms. The Hall–Kier alpha value is -1.69. The lowest BCUT2D eigenvalue weighted by atomic mass is 10.1. The molecule has 3 rings (SSSR count). The van der Waals surface area contributed by atoms with E-state index in [0.717, 1.165) is 49.3 Å². The molecule has 0 aliphatic carbocycles. The largest absolute Gasteiger partial charge is 0.444 e. The third-order valence-electron chi connectivity index (χ3n) is 3.60. The van der Waals surface area contributed by atoms with Crippen molar-refractivity contribution in [2.24, 2.45) is 0 Å². The second-order valence-corrected chi connectivity index (χ2v) is 5.15. The van der Waals surface area contributed by atoms with Gasteiger partial charge < -0.3 is 8.94 Å². The molecule has 1 saturated heterocycles. The van der Waals surface area contributed by atoms with Crippen LogP contribution in [0.3, 0.4) is 0 Å². The van der Waals surface area contributed by atoms with Gasteiger partial charge in [-0.3, -0.25) is 4.90 Å². The smallest absolute Gasteiger partial charge is 0.231 e. The van der Waals surface area contributed by atoms with Gasteiger partial charge in [0.15, 0.2) is 5.82 Å². The van der Waals surface area contributed by atoms with Crippen molar-refractivity contribution in [3.63, 3.8) is 0 Å². The van der Waals surface area contributed by atoms with Gasteiger partial charge in [-0.05, 0) is 33.7 Å². The lowest BCUT2D eigenvalue weighted by molar-refractivity contribution is 0.276. The number of hydrogen-bond acceptors (Lipinski definition) is 6. The summed E-state index contributed by atoms with van der Waals surface area (Å²) in [5.41, 5.74) is 0.971. The maximum absolute atomic E-state index is 5.62. The highest BCUT2D eigenvalue weighted by atomic mass is 16.5. The summed E-state index contributed by atoms with van der Waals surface area (Å²) in [4.78, 5) is 11.0. The van der Waals surface area contributed by atoms with Gasteiger partial charge in [0.25, 0.3) is 0 Å². The van der Waals surface area contributed by atoms with E-state index in [-0.39, 0.29) is 0 Å². The van der Waals surface area contributed by atoms with Crippen molar-refractivity contribution in [3.8, 4) is 0 Å². The second-order valence-electron chi connectivity index (χ2n) is 5.15. The molecule has 6 heteroatoms. The van der Waals surface area contributed by atoms with E-state index >= 15 is 0 Å². The molecule has 2 aromatic rings. The Labute approximate surface area is 111 Å².